The summed E-state index contributed by atoms with van der Waals surface area (Å²) >= 11 is 0. The Bertz CT molecular complexity index is 1040. The Labute approximate surface area is 140 Å². The van der Waals surface area contributed by atoms with Crippen LogP contribution in [0.15, 0.2) is 63.7 Å². The summed E-state index contributed by atoms with van der Waals surface area (Å²) in [7, 11) is 2.05. The molecule has 0 unspecified atom stereocenters. The van der Waals surface area contributed by atoms with Crippen LogP contribution in [-0.4, -0.2) is 18.0 Å². The van der Waals surface area contributed by atoms with Gasteiger partial charge in [-0.1, -0.05) is 30.3 Å². The van der Waals surface area contributed by atoms with Crippen molar-refractivity contribution in [2.24, 2.45) is 0 Å². The van der Waals surface area contributed by atoms with E-state index in [0.29, 0.717) is 11.8 Å². The summed E-state index contributed by atoms with van der Waals surface area (Å²) in [6.45, 7) is 4.30. The fourth-order valence-corrected chi connectivity index (χ4v) is 2.82. The van der Waals surface area contributed by atoms with Crippen LogP contribution in [0.25, 0.3) is 33.1 Å². The summed E-state index contributed by atoms with van der Waals surface area (Å²) in [5.74, 6) is 0.573. The van der Waals surface area contributed by atoms with Gasteiger partial charge in [0.2, 0.25) is 0 Å². The minimum Gasteiger partial charge on any atom is -0.425 e. The molecule has 122 valence electrons. The number of rotatable bonds is 4. The number of para-hydroxylation sites is 2. The zero-order chi connectivity index (χ0) is 16.7. The summed E-state index contributed by atoms with van der Waals surface area (Å²) in [5.41, 5.74) is 2.59. The molecule has 0 bridgehead atoms. The number of nitrogens with one attached hydrogen (secondary N) is 1. The first-order chi connectivity index (χ1) is 11.6. The third kappa shape index (κ3) is 2.31. The first kappa shape index (κ1) is 14.7. The third-order valence-electron chi connectivity index (χ3n) is 4.41. The summed E-state index contributed by atoms with van der Waals surface area (Å²) in [4.78, 5) is 2.13. The van der Waals surface area contributed by atoms with Gasteiger partial charge in [0.05, 0.1) is 11.1 Å². The number of fused-ring (bicyclic) bond motifs is 5. The molecule has 2 aromatic heterocycles. The molecule has 4 nitrogen and oxygen atoms in total. The molecule has 24 heavy (non-hydrogen) atoms. The molecule has 0 radical (unpaired) electrons. The van der Waals surface area contributed by atoms with Crippen molar-refractivity contribution in [2.75, 3.05) is 12.4 Å². The molecule has 4 heteroatoms. The van der Waals surface area contributed by atoms with Gasteiger partial charge in [-0.05, 0) is 26.0 Å². The number of benzene rings is 2. The maximum Gasteiger partial charge on any atom is 0.299 e. The van der Waals surface area contributed by atoms with Crippen molar-refractivity contribution in [1.82, 2.24) is 4.90 Å². The average molecular weight is 320 g/mol. The van der Waals surface area contributed by atoms with Crippen molar-refractivity contribution in [3.63, 3.8) is 0 Å². The molecular weight excluding hydrogens is 300 g/mol. The number of hydrogen-bond donors (Lipinski definition) is 1. The second kappa shape index (κ2) is 5.64. The molecular formula is C20H20N2O2. The second-order valence-electron chi connectivity index (χ2n) is 6.26. The maximum atomic E-state index is 6.00. The van der Waals surface area contributed by atoms with Crippen LogP contribution in [-0.2, 0) is 0 Å². The highest BCUT2D eigenvalue weighted by molar-refractivity contribution is 6.19. The van der Waals surface area contributed by atoms with Gasteiger partial charge in [0.25, 0.3) is 5.78 Å². The van der Waals surface area contributed by atoms with Crippen molar-refractivity contribution in [3.8, 4) is 0 Å². The zero-order valence-electron chi connectivity index (χ0n) is 14.0. The van der Waals surface area contributed by atoms with Gasteiger partial charge in [0, 0.05) is 36.3 Å². The lowest BCUT2D eigenvalue weighted by molar-refractivity contribution is 0.375. The molecule has 0 saturated heterocycles. The molecule has 0 saturated carbocycles. The molecule has 0 spiro atoms. The molecule has 0 atom stereocenters. The molecule has 0 fully saturated rings. The summed E-state index contributed by atoms with van der Waals surface area (Å²) in [6, 6.07) is 14.6. The van der Waals surface area contributed by atoms with E-state index in [9.17, 15) is 0 Å². The largest absolute Gasteiger partial charge is 0.425 e. The molecule has 0 aliphatic rings. The topological polar surface area (TPSA) is 41.5 Å². The standard InChI is InChI=1S/C20H20N2O2/c1-13(2)22(3)12-11-21-16-9-6-8-15-18-14-7-4-5-10-17(14)23-20(18)24-19(15)16/h4-13,21H,1-3H3/b12-11-. The highest BCUT2D eigenvalue weighted by Crippen LogP contribution is 2.39. The average Bonchev–Trinajstić information content (AvgIpc) is 3.11. The molecule has 2 heterocycles. The maximum absolute atomic E-state index is 6.00. The highest BCUT2D eigenvalue weighted by Gasteiger charge is 2.16. The van der Waals surface area contributed by atoms with Crippen LogP contribution in [0.1, 0.15) is 13.8 Å². The number of hydrogen-bond acceptors (Lipinski definition) is 4. The number of anilines is 1. The Hall–Kier alpha value is -2.88. The van der Waals surface area contributed by atoms with Crippen molar-refractivity contribution >= 4 is 38.8 Å². The van der Waals surface area contributed by atoms with E-state index in [-0.39, 0.29) is 0 Å². The highest BCUT2D eigenvalue weighted by atomic mass is 16.5. The van der Waals surface area contributed by atoms with Gasteiger partial charge >= 0.3 is 0 Å². The van der Waals surface area contributed by atoms with Crippen molar-refractivity contribution in [2.45, 2.75) is 19.9 Å². The first-order valence-electron chi connectivity index (χ1n) is 8.13. The smallest absolute Gasteiger partial charge is 0.299 e. The molecule has 4 aromatic rings. The zero-order valence-corrected chi connectivity index (χ0v) is 14.0. The Morgan fingerprint density at radius 1 is 1.00 bits per heavy atom. The van der Waals surface area contributed by atoms with Gasteiger partial charge < -0.3 is 19.1 Å². The van der Waals surface area contributed by atoms with Crippen molar-refractivity contribution in [1.29, 1.82) is 0 Å². The molecule has 1 N–H and O–H groups in total. The quantitative estimate of drug-likeness (QED) is 0.535. The molecule has 4 rings (SSSR count). The van der Waals surface area contributed by atoms with Crippen LogP contribution in [0.2, 0.25) is 0 Å². The van der Waals surface area contributed by atoms with Gasteiger partial charge in [-0.25, -0.2) is 0 Å². The first-order valence-corrected chi connectivity index (χ1v) is 8.13. The van der Waals surface area contributed by atoms with E-state index in [0.717, 1.165) is 33.0 Å². The Morgan fingerprint density at radius 3 is 2.62 bits per heavy atom. The summed E-state index contributed by atoms with van der Waals surface area (Å²) < 4.78 is 11.8. The van der Waals surface area contributed by atoms with Gasteiger partial charge in [0.15, 0.2) is 5.58 Å². The number of nitrogens with zero attached hydrogens (tertiary/aromatic N) is 1. The van der Waals surface area contributed by atoms with E-state index in [1.54, 1.807) is 0 Å². The van der Waals surface area contributed by atoms with Crippen LogP contribution in [0, 0.1) is 0 Å². The third-order valence-corrected chi connectivity index (χ3v) is 4.41. The van der Waals surface area contributed by atoms with Gasteiger partial charge in [-0.15, -0.1) is 0 Å². The van der Waals surface area contributed by atoms with E-state index in [1.807, 2.05) is 42.7 Å². The Kier molecular flexibility index (Phi) is 3.45. The van der Waals surface area contributed by atoms with Crippen LogP contribution < -0.4 is 5.32 Å². The van der Waals surface area contributed by atoms with E-state index in [2.05, 4.69) is 43.2 Å². The minimum atomic E-state index is 0.455. The Balaban J connectivity index is 1.79. The SMILES string of the molecule is CC(C)N(C)/C=C\Nc1cccc2c1oc1oc3ccccc3c12. The molecule has 0 aliphatic heterocycles. The van der Waals surface area contributed by atoms with E-state index in [1.165, 1.54) is 0 Å². The lowest BCUT2D eigenvalue weighted by Crippen LogP contribution is -2.20. The lowest BCUT2D eigenvalue weighted by atomic mass is 10.1. The molecule has 2 aromatic carbocycles. The van der Waals surface area contributed by atoms with E-state index >= 15 is 0 Å². The van der Waals surface area contributed by atoms with E-state index in [4.69, 9.17) is 8.83 Å². The number of furan rings is 2. The second-order valence-corrected chi connectivity index (χ2v) is 6.26. The summed E-state index contributed by atoms with van der Waals surface area (Å²) in [6.07, 6.45) is 3.95. The van der Waals surface area contributed by atoms with Gasteiger partial charge in [-0.3, -0.25) is 0 Å². The van der Waals surface area contributed by atoms with Crippen LogP contribution >= 0.6 is 0 Å². The van der Waals surface area contributed by atoms with Crippen molar-refractivity contribution in [3.05, 3.63) is 54.9 Å². The van der Waals surface area contributed by atoms with Gasteiger partial charge in [0.1, 0.15) is 5.58 Å². The monoisotopic (exact) mass is 320 g/mol. The fourth-order valence-electron chi connectivity index (χ4n) is 2.82. The van der Waals surface area contributed by atoms with Gasteiger partial charge in [-0.2, -0.15) is 0 Å². The Morgan fingerprint density at radius 2 is 1.79 bits per heavy atom. The fraction of sp³-hybridized carbons (Fsp3) is 0.200. The predicted molar refractivity (Wildman–Crippen MR) is 99.2 cm³/mol. The van der Waals surface area contributed by atoms with Crippen LogP contribution in [0.5, 0.6) is 0 Å². The molecule has 0 aliphatic carbocycles. The summed E-state index contributed by atoms with van der Waals surface area (Å²) in [5, 5.41) is 6.49. The normalized spacial score (nSPS) is 12.2. The lowest BCUT2D eigenvalue weighted by Gasteiger charge is -2.18. The van der Waals surface area contributed by atoms with E-state index < -0.39 is 0 Å². The minimum absolute atomic E-state index is 0.455. The van der Waals surface area contributed by atoms with Crippen LogP contribution in [0.3, 0.4) is 0 Å². The molecule has 0 amide bonds. The van der Waals surface area contributed by atoms with Crippen LogP contribution in [0.4, 0.5) is 5.69 Å². The van der Waals surface area contributed by atoms with Crippen molar-refractivity contribution < 1.29 is 8.83 Å². The predicted octanol–water partition coefficient (Wildman–Crippen LogP) is 5.56.